The number of unbranched alkanes of at least 4 members (excludes halogenated alkanes) is 14. The Bertz CT molecular complexity index is 1070. The van der Waals surface area contributed by atoms with Crippen LogP contribution in [-0.4, -0.2) is 13.2 Å². The van der Waals surface area contributed by atoms with Crippen LogP contribution in [0.3, 0.4) is 0 Å². The van der Waals surface area contributed by atoms with Crippen LogP contribution in [0.4, 0.5) is 0 Å². The topological polar surface area (TPSA) is 18.5 Å². The van der Waals surface area contributed by atoms with Gasteiger partial charge in [-0.15, -0.1) is 0 Å². The predicted octanol–water partition coefficient (Wildman–Crippen LogP) is 12.8. The molecule has 230 valence electrons. The molecule has 0 fully saturated rings. The minimum atomic E-state index is 0.123. The van der Waals surface area contributed by atoms with Gasteiger partial charge in [0.1, 0.15) is 5.75 Å². The summed E-state index contributed by atoms with van der Waals surface area (Å²) in [4.78, 5) is 0. The van der Waals surface area contributed by atoms with E-state index in [9.17, 15) is 0 Å². The van der Waals surface area contributed by atoms with Gasteiger partial charge in [0, 0.05) is 6.61 Å². The average Bonchev–Trinajstić information content (AvgIpc) is 3.03. The summed E-state index contributed by atoms with van der Waals surface area (Å²) in [5.41, 5.74) is 6.19. The zero-order valence-electron chi connectivity index (χ0n) is 27.0. The summed E-state index contributed by atoms with van der Waals surface area (Å²) in [6.45, 7) is 8.33. The second-order valence-electron chi connectivity index (χ2n) is 12.0. The van der Waals surface area contributed by atoms with E-state index >= 15 is 0 Å². The first kappa shape index (κ1) is 33.9. The fourth-order valence-electron chi connectivity index (χ4n) is 5.67. The molecular weight excluding hydrogens is 512 g/mol. The summed E-state index contributed by atoms with van der Waals surface area (Å²) >= 11 is 0. The van der Waals surface area contributed by atoms with E-state index in [1.807, 2.05) is 0 Å². The van der Waals surface area contributed by atoms with Crippen molar-refractivity contribution in [3.8, 4) is 28.0 Å². The van der Waals surface area contributed by atoms with Crippen molar-refractivity contribution in [2.75, 3.05) is 13.2 Å². The molecule has 3 aromatic rings. The maximum absolute atomic E-state index is 6.09. The van der Waals surface area contributed by atoms with Gasteiger partial charge in [-0.1, -0.05) is 164 Å². The van der Waals surface area contributed by atoms with E-state index in [1.54, 1.807) is 0 Å². The normalized spacial score (nSPS) is 12.0. The van der Waals surface area contributed by atoms with Crippen molar-refractivity contribution < 1.29 is 9.47 Å². The van der Waals surface area contributed by atoms with Gasteiger partial charge in [0.25, 0.3) is 0 Å². The number of ether oxygens (including phenoxy) is 2. The maximum Gasteiger partial charge on any atom is 0.119 e. The Kier molecular flexibility index (Phi) is 17.1. The molecule has 2 heteroatoms. The largest absolute Gasteiger partial charge is 0.494 e. The Morgan fingerprint density at radius 2 is 0.905 bits per heavy atom. The van der Waals surface area contributed by atoms with Crippen LogP contribution >= 0.6 is 0 Å². The molecule has 0 aliphatic heterocycles. The zero-order valence-corrected chi connectivity index (χ0v) is 27.0. The Balaban J connectivity index is 1.40. The molecule has 0 aliphatic rings. The molecule has 0 N–H and O–H groups in total. The third-order valence-electron chi connectivity index (χ3n) is 8.42. The van der Waals surface area contributed by atoms with Gasteiger partial charge >= 0.3 is 0 Å². The summed E-state index contributed by atoms with van der Waals surface area (Å²) in [6, 6.07) is 26.2. The number of hydrogen-bond donors (Lipinski definition) is 0. The van der Waals surface area contributed by atoms with Crippen molar-refractivity contribution in [3.05, 3.63) is 78.4 Å². The Hall–Kier alpha value is -2.58. The summed E-state index contributed by atoms with van der Waals surface area (Å²) in [6.07, 6.45) is 21.5. The molecule has 2 nitrogen and oxygen atoms in total. The Morgan fingerprint density at radius 1 is 0.476 bits per heavy atom. The Morgan fingerprint density at radius 3 is 1.43 bits per heavy atom. The molecule has 3 rings (SSSR count). The van der Waals surface area contributed by atoms with Gasteiger partial charge in [0.15, 0.2) is 0 Å². The van der Waals surface area contributed by atoms with Crippen molar-refractivity contribution in [2.24, 2.45) is 0 Å². The van der Waals surface area contributed by atoms with E-state index in [0.717, 1.165) is 31.8 Å². The molecule has 1 unspecified atom stereocenters. The molecule has 0 aromatic heterocycles. The van der Waals surface area contributed by atoms with Gasteiger partial charge in [0.2, 0.25) is 0 Å². The van der Waals surface area contributed by atoms with E-state index in [0.29, 0.717) is 0 Å². The van der Waals surface area contributed by atoms with Crippen molar-refractivity contribution >= 4 is 0 Å². The van der Waals surface area contributed by atoms with Gasteiger partial charge in [-0.25, -0.2) is 0 Å². The standard InChI is InChI=1S/C40H58O2/c1-4-6-8-10-11-12-13-14-15-16-17-21-33-42-38-30-28-37(29-31-38)40-23-19-18-22-39(40)36-26-24-35(25-27-36)34(3)41-32-20-9-7-5-2/h18-19,22-31,34H,4-17,20-21,32-33H2,1-3H3. The molecule has 0 spiro atoms. The van der Waals surface area contributed by atoms with Crippen molar-refractivity contribution in [2.45, 2.75) is 130 Å². The van der Waals surface area contributed by atoms with Crippen LogP contribution in [-0.2, 0) is 4.74 Å². The highest BCUT2D eigenvalue weighted by atomic mass is 16.5. The first-order chi connectivity index (χ1) is 20.7. The van der Waals surface area contributed by atoms with E-state index in [1.165, 1.54) is 118 Å². The SMILES string of the molecule is CCCCCCCCCCCCCCOc1ccc(-c2ccccc2-c2ccc(C(C)OCCCCCC)cc2)cc1. The van der Waals surface area contributed by atoms with Crippen LogP contribution in [0, 0.1) is 0 Å². The fourth-order valence-corrected chi connectivity index (χ4v) is 5.67. The second-order valence-corrected chi connectivity index (χ2v) is 12.0. The summed E-state index contributed by atoms with van der Waals surface area (Å²) in [5, 5.41) is 0. The molecule has 1 atom stereocenters. The second kappa shape index (κ2) is 21.2. The third-order valence-corrected chi connectivity index (χ3v) is 8.42. The zero-order chi connectivity index (χ0) is 29.7. The molecule has 0 heterocycles. The average molecular weight is 571 g/mol. The van der Waals surface area contributed by atoms with Gasteiger partial charge in [0.05, 0.1) is 12.7 Å². The smallest absolute Gasteiger partial charge is 0.119 e. The van der Waals surface area contributed by atoms with Crippen LogP contribution in [0.25, 0.3) is 22.3 Å². The predicted molar refractivity (Wildman–Crippen MR) is 182 cm³/mol. The van der Waals surface area contributed by atoms with E-state index < -0.39 is 0 Å². The monoisotopic (exact) mass is 570 g/mol. The van der Waals surface area contributed by atoms with Gasteiger partial charge in [-0.05, 0) is 59.7 Å². The molecule has 0 bridgehead atoms. The summed E-state index contributed by atoms with van der Waals surface area (Å²) in [5.74, 6) is 0.965. The molecular formula is C40H58O2. The molecule has 0 saturated carbocycles. The van der Waals surface area contributed by atoms with E-state index in [4.69, 9.17) is 9.47 Å². The van der Waals surface area contributed by atoms with E-state index in [2.05, 4.69) is 93.6 Å². The van der Waals surface area contributed by atoms with Crippen LogP contribution in [0.1, 0.15) is 135 Å². The third kappa shape index (κ3) is 12.7. The summed E-state index contributed by atoms with van der Waals surface area (Å²) in [7, 11) is 0. The minimum absolute atomic E-state index is 0.123. The van der Waals surface area contributed by atoms with Gasteiger partial charge in [-0.3, -0.25) is 0 Å². The van der Waals surface area contributed by atoms with Crippen molar-refractivity contribution in [1.82, 2.24) is 0 Å². The minimum Gasteiger partial charge on any atom is -0.494 e. The first-order valence-corrected chi connectivity index (χ1v) is 17.3. The highest BCUT2D eigenvalue weighted by Crippen LogP contribution is 2.33. The van der Waals surface area contributed by atoms with Crippen molar-refractivity contribution in [1.29, 1.82) is 0 Å². The lowest BCUT2D eigenvalue weighted by atomic mass is 9.94. The number of rotatable bonds is 23. The lowest BCUT2D eigenvalue weighted by molar-refractivity contribution is 0.0628. The lowest BCUT2D eigenvalue weighted by Gasteiger charge is -2.15. The van der Waals surface area contributed by atoms with Crippen molar-refractivity contribution in [3.63, 3.8) is 0 Å². The van der Waals surface area contributed by atoms with Crippen LogP contribution in [0.2, 0.25) is 0 Å². The molecule has 0 aliphatic carbocycles. The Labute approximate surface area is 258 Å². The number of hydrogen-bond acceptors (Lipinski definition) is 2. The van der Waals surface area contributed by atoms with Crippen LogP contribution < -0.4 is 4.74 Å². The highest BCUT2D eigenvalue weighted by molar-refractivity contribution is 5.83. The van der Waals surface area contributed by atoms with Crippen LogP contribution in [0.5, 0.6) is 5.75 Å². The quantitative estimate of drug-likeness (QED) is 0.106. The molecule has 42 heavy (non-hydrogen) atoms. The fraction of sp³-hybridized carbons (Fsp3) is 0.550. The summed E-state index contributed by atoms with van der Waals surface area (Å²) < 4.78 is 12.2. The first-order valence-electron chi connectivity index (χ1n) is 17.3. The number of benzene rings is 3. The highest BCUT2D eigenvalue weighted by Gasteiger charge is 2.10. The molecule has 0 amide bonds. The molecule has 0 saturated heterocycles. The van der Waals surface area contributed by atoms with Gasteiger partial charge < -0.3 is 9.47 Å². The maximum atomic E-state index is 6.09. The van der Waals surface area contributed by atoms with Gasteiger partial charge in [-0.2, -0.15) is 0 Å². The lowest BCUT2D eigenvalue weighted by Crippen LogP contribution is -2.01. The van der Waals surface area contributed by atoms with Crippen LogP contribution in [0.15, 0.2) is 72.8 Å². The molecule has 3 aromatic carbocycles. The van der Waals surface area contributed by atoms with E-state index in [-0.39, 0.29) is 6.10 Å². The molecule has 0 radical (unpaired) electrons.